The van der Waals surface area contributed by atoms with Gasteiger partial charge in [0.15, 0.2) is 0 Å². The van der Waals surface area contributed by atoms with Gasteiger partial charge in [-0.15, -0.1) is 0 Å². The van der Waals surface area contributed by atoms with Crippen molar-refractivity contribution in [1.82, 2.24) is 10.2 Å². The molecule has 0 spiro atoms. The maximum atomic E-state index is 13.0. The van der Waals surface area contributed by atoms with Gasteiger partial charge in [-0.3, -0.25) is 9.59 Å². The van der Waals surface area contributed by atoms with Crippen molar-refractivity contribution in [1.29, 1.82) is 0 Å². The summed E-state index contributed by atoms with van der Waals surface area (Å²) in [6.07, 6.45) is 1.99. The minimum absolute atomic E-state index is 0.0241. The molecular weight excluding hydrogens is 259 g/mol. The van der Waals surface area contributed by atoms with Gasteiger partial charge in [-0.2, -0.15) is 0 Å². The van der Waals surface area contributed by atoms with Crippen molar-refractivity contribution >= 4 is 11.8 Å². The number of nitrogens with zero attached hydrogens (tertiary/aromatic N) is 1. The summed E-state index contributed by atoms with van der Waals surface area (Å²) in [6.45, 7) is 1.94. The van der Waals surface area contributed by atoms with Crippen molar-refractivity contribution < 1.29 is 14.0 Å². The maximum absolute atomic E-state index is 13.0. The molecule has 2 aliphatic rings. The Morgan fingerprint density at radius 1 is 1.25 bits per heavy atom. The number of benzene rings is 1. The Morgan fingerprint density at radius 2 is 1.90 bits per heavy atom. The van der Waals surface area contributed by atoms with Gasteiger partial charge in [0.25, 0.3) is 0 Å². The number of carbonyl (C=O) groups is 2. The van der Waals surface area contributed by atoms with Gasteiger partial charge in [0, 0.05) is 0 Å². The summed E-state index contributed by atoms with van der Waals surface area (Å²) in [5.74, 6) is -0.159. The van der Waals surface area contributed by atoms with Gasteiger partial charge in [-0.05, 0) is 43.4 Å². The maximum Gasteiger partial charge on any atom is 0.246 e. The highest BCUT2D eigenvalue weighted by Gasteiger charge is 2.43. The Kier molecular flexibility index (Phi) is 3.20. The Morgan fingerprint density at radius 3 is 2.50 bits per heavy atom. The highest BCUT2D eigenvalue weighted by molar-refractivity contribution is 5.95. The van der Waals surface area contributed by atoms with Crippen molar-refractivity contribution in [3.63, 3.8) is 0 Å². The van der Waals surface area contributed by atoms with Gasteiger partial charge in [0.05, 0.1) is 6.04 Å². The van der Waals surface area contributed by atoms with Gasteiger partial charge < -0.3 is 10.2 Å². The Bertz CT molecular complexity index is 539. The summed E-state index contributed by atoms with van der Waals surface area (Å²) < 4.78 is 13.0. The van der Waals surface area contributed by atoms with Crippen molar-refractivity contribution in [3.8, 4) is 0 Å². The van der Waals surface area contributed by atoms with Crippen molar-refractivity contribution in [3.05, 3.63) is 35.6 Å². The quantitative estimate of drug-likeness (QED) is 0.912. The van der Waals surface area contributed by atoms with Crippen LogP contribution >= 0.6 is 0 Å². The highest BCUT2D eigenvalue weighted by atomic mass is 19.1. The molecule has 1 saturated carbocycles. The average molecular weight is 276 g/mol. The molecule has 1 N–H and O–H groups in total. The number of rotatable bonds is 3. The normalized spacial score (nSPS) is 24.5. The van der Waals surface area contributed by atoms with E-state index in [1.165, 1.54) is 12.1 Å². The lowest BCUT2D eigenvalue weighted by Crippen LogP contribution is -2.59. The molecule has 0 bridgehead atoms. The second kappa shape index (κ2) is 4.89. The van der Waals surface area contributed by atoms with Crippen molar-refractivity contribution in [2.75, 3.05) is 6.54 Å². The first-order chi connectivity index (χ1) is 9.56. The van der Waals surface area contributed by atoms with E-state index in [2.05, 4.69) is 5.32 Å². The van der Waals surface area contributed by atoms with E-state index in [9.17, 15) is 14.0 Å². The third kappa shape index (κ3) is 2.40. The predicted octanol–water partition coefficient (Wildman–Crippen LogP) is 1.62. The van der Waals surface area contributed by atoms with E-state index in [0.29, 0.717) is 0 Å². The van der Waals surface area contributed by atoms with E-state index in [-0.39, 0.29) is 42.2 Å². The van der Waals surface area contributed by atoms with E-state index in [0.717, 1.165) is 18.4 Å². The minimum Gasteiger partial charge on any atom is -0.342 e. The van der Waals surface area contributed by atoms with Crippen LogP contribution in [0.2, 0.25) is 0 Å². The van der Waals surface area contributed by atoms with Crippen LogP contribution in [-0.4, -0.2) is 29.3 Å². The van der Waals surface area contributed by atoms with Gasteiger partial charge in [-0.1, -0.05) is 12.1 Å². The molecule has 0 radical (unpaired) electrons. The summed E-state index contributed by atoms with van der Waals surface area (Å²) in [5, 5.41) is 2.78. The summed E-state index contributed by atoms with van der Waals surface area (Å²) in [6, 6.07) is 5.46. The molecule has 1 aromatic carbocycles. The molecule has 106 valence electrons. The zero-order valence-corrected chi connectivity index (χ0v) is 11.3. The van der Waals surface area contributed by atoms with Crippen LogP contribution in [0.25, 0.3) is 0 Å². The first kappa shape index (κ1) is 13.1. The van der Waals surface area contributed by atoms with Crippen LogP contribution in [0.4, 0.5) is 4.39 Å². The molecule has 2 fully saturated rings. The summed E-state index contributed by atoms with van der Waals surface area (Å²) in [5.41, 5.74) is 0.837. The standard InChI is InChI=1S/C15H17FN2O2/c1-9(10-4-6-12(16)7-5-10)18-8-13(19)17-14(15(18)20)11-2-3-11/h4-7,9,11,14H,2-3,8H2,1H3,(H,17,19). The fourth-order valence-electron chi connectivity index (χ4n) is 2.69. The van der Waals surface area contributed by atoms with Gasteiger partial charge in [0.2, 0.25) is 11.8 Å². The molecule has 3 rings (SSSR count). The number of amides is 2. The third-order valence-electron chi connectivity index (χ3n) is 4.09. The molecule has 4 nitrogen and oxygen atoms in total. The number of hydrogen-bond acceptors (Lipinski definition) is 2. The second-order valence-corrected chi connectivity index (χ2v) is 5.58. The van der Waals surface area contributed by atoms with E-state index in [1.807, 2.05) is 6.92 Å². The zero-order chi connectivity index (χ0) is 14.3. The molecule has 2 amide bonds. The summed E-state index contributed by atoms with van der Waals surface area (Å²) in [4.78, 5) is 25.9. The van der Waals surface area contributed by atoms with Crippen LogP contribution in [0, 0.1) is 11.7 Å². The number of piperazine rings is 1. The molecule has 1 aromatic rings. The second-order valence-electron chi connectivity index (χ2n) is 5.58. The van der Waals surface area contributed by atoms with E-state index in [4.69, 9.17) is 0 Å². The Balaban J connectivity index is 1.81. The third-order valence-corrected chi connectivity index (χ3v) is 4.09. The Hall–Kier alpha value is -1.91. The van der Waals surface area contributed by atoms with Crippen molar-refractivity contribution in [2.45, 2.75) is 31.8 Å². The lowest BCUT2D eigenvalue weighted by molar-refractivity contribution is -0.147. The highest BCUT2D eigenvalue weighted by Crippen LogP contribution is 2.35. The van der Waals surface area contributed by atoms with Gasteiger partial charge in [-0.25, -0.2) is 4.39 Å². The van der Waals surface area contributed by atoms with Crippen LogP contribution in [0.15, 0.2) is 24.3 Å². The average Bonchev–Trinajstić information content (AvgIpc) is 3.25. The molecule has 1 aliphatic heterocycles. The largest absolute Gasteiger partial charge is 0.342 e. The van der Waals surface area contributed by atoms with E-state index < -0.39 is 0 Å². The van der Waals surface area contributed by atoms with Gasteiger partial charge in [0.1, 0.15) is 18.4 Å². The summed E-state index contributed by atoms with van der Waals surface area (Å²) in [7, 11) is 0. The molecule has 20 heavy (non-hydrogen) atoms. The first-order valence-corrected chi connectivity index (χ1v) is 6.91. The van der Waals surface area contributed by atoms with Crippen LogP contribution in [0.5, 0.6) is 0 Å². The fraction of sp³-hybridized carbons (Fsp3) is 0.467. The topological polar surface area (TPSA) is 49.4 Å². The predicted molar refractivity (Wildman–Crippen MR) is 71.2 cm³/mol. The summed E-state index contributed by atoms with van der Waals surface area (Å²) >= 11 is 0. The lowest BCUT2D eigenvalue weighted by Gasteiger charge is -2.36. The first-order valence-electron chi connectivity index (χ1n) is 6.91. The van der Waals surface area contributed by atoms with Crippen LogP contribution in [-0.2, 0) is 9.59 Å². The Labute approximate surface area is 117 Å². The molecular formula is C15H17FN2O2. The smallest absolute Gasteiger partial charge is 0.246 e. The lowest BCUT2D eigenvalue weighted by atomic mass is 10.0. The zero-order valence-electron chi connectivity index (χ0n) is 11.3. The SMILES string of the molecule is CC(c1ccc(F)cc1)N1CC(=O)NC(C2CC2)C1=O. The van der Waals surface area contributed by atoms with Crippen LogP contribution < -0.4 is 5.32 Å². The fourth-order valence-corrected chi connectivity index (χ4v) is 2.69. The molecule has 1 aliphatic carbocycles. The number of carbonyl (C=O) groups excluding carboxylic acids is 2. The minimum atomic E-state index is -0.376. The molecule has 1 saturated heterocycles. The monoisotopic (exact) mass is 276 g/mol. The van der Waals surface area contributed by atoms with Gasteiger partial charge >= 0.3 is 0 Å². The van der Waals surface area contributed by atoms with E-state index in [1.54, 1.807) is 17.0 Å². The van der Waals surface area contributed by atoms with Crippen LogP contribution in [0.3, 0.4) is 0 Å². The van der Waals surface area contributed by atoms with Crippen molar-refractivity contribution in [2.24, 2.45) is 5.92 Å². The van der Waals surface area contributed by atoms with E-state index >= 15 is 0 Å². The number of hydrogen-bond donors (Lipinski definition) is 1. The number of nitrogens with one attached hydrogen (secondary N) is 1. The number of halogens is 1. The van der Waals surface area contributed by atoms with Crippen LogP contribution in [0.1, 0.15) is 31.4 Å². The molecule has 0 aromatic heterocycles. The molecule has 1 heterocycles. The molecule has 2 atom stereocenters. The molecule has 2 unspecified atom stereocenters. The molecule has 5 heteroatoms.